The third-order valence-electron chi connectivity index (χ3n) is 2.83. The van der Waals surface area contributed by atoms with E-state index >= 15 is 0 Å². The molecule has 21 heavy (non-hydrogen) atoms. The molecule has 2 N–H and O–H groups in total. The van der Waals surface area contributed by atoms with Crippen LogP contribution in [0, 0.1) is 0 Å². The molecule has 2 rings (SSSR count). The summed E-state index contributed by atoms with van der Waals surface area (Å²) in [6, 6.07) is 15.8. The van der Waals surface area contributed by atoms with Gasteiger partial charge in [-0.3, -0.25) is 0 Å². The number of methoxy groups -OCH3 is 1. The molecule has 0 saturated carbocycles. The molecule has 5 heteroatoms. The zero-order valence-electron chi connectivity index (χ0n) is 11.6. The van der Waals surface area contributed by atoms with Crippen molar-refractivity contribution in [2.24, 2.45) is 0 Å². The van der Waals surface area contributed by atoms with Gasteiger partial charge in [-0.15, -0.1) is 0 Å². The first kappa shape index (κ1) is 14.6. The summed E-state index contributed by atoms with van der Waals surface area (Å²) in [6.07, 6.45) is 0. The Balaban J connectivity index is 1.91. The number of urea groups is 1. The lowest BCUT2D eigenvalue weighted by molar-refractivity contribution is 0.0600. The fraction of sp³-hybridized carbons (Fsp3) is 0.125. The number of hydrogen-bond donors (Lipinski definition) is 2. The number of esters is 1. The number of nitrogens with one attached hydrogen (secondary N) is 2. The van der Waals surface area contributed by atoms with Gasteiger partial charge < -0.3 is 15.4 Å². The van der Waals surface area contributed by atoms with Crippen molar-refractivity contribution in [3.63, 3.8) is 0 Å². The number of para-hydroxylation sites is 1. The van der Waals surface area contributed by atoms with Crippen LogP contribution in [-0.2, 0) is 11.3 Å². The summed E-state index contributed by atoms with van der Waals surface area (Å²) in [5.74, 6) is -0.398. The van der Waals surface area contributed by atoms with Crippen LogP contribution >= 0.6 is 0 Å². The average molecular weight is 284 g/mol. The molecule has 0 radical (unpaired) electrons. The third kappa shape index (κ3) is 4.35. The maximum absolute atomic E-state index is 11.7. The summed E-state index contributed by atoms with van der Waals surface area (Å²) < 4.78 is 4.66. The Labute approximate surface area is 122 Å². The molecule has 0 spiro atoms. The van der Waals surface area contributed by atoms with Gasteiger partial charge in [-0.2, -0.15) is 0 Å². The van der Waals surface area contributed by atoms with Crippen molar-refractivity contribution in [3.05, 3.63) is 65.7 Å². The number of hydrogen-bond acceptors (Lipinski definition) is 3. The maximum Gasteiger partial charge on any atom is 0.337 e. The number of carbonyl (C=O) groups is 2. The molecule has 0 aliphatic heterocycles. The van der Waals surface area contributed by atoms with Gasteiger partial charge in [0.15, 0.2) is 0 Å². The number of anilines is 1. The minimum Gasteiger partial charge on any atom is -0.465 e. The van der Waals surface area contributed by atoms with Crippen LogP contribution in [0.3, 0.4) is 0 Å². The van der Waals surface area contributed by atoms with Gasteiger partial charge in [0.25, 0.3) is 0 Å². The third-order valence-corrected chi connectivity index (χ3v) is 2.83. The Hall–Kier alpha value is -2.82. The topological polar surface area (TPSA) is 67.4 Å². The van der Waals surface area contributed by atoms with Crippen molar-refractivity contribution in [1.82, 2.24) is 5.32 Å². The molecule has 0 atom stereocenters. The van der Waals surface area contributed by atoms with Crippen LogP contribution in [0.5, 0.6) is 0 Å². The molecular formula is C16H16N2O3. The van der Waals surface area contributed by atoms with Gasteiger partial charge in [0, 0.05) is 12.2 Å². The Kier molecular flexibility index (Phi) is 4.93. The lowest BCUT2D eigenvalue weighted by atomic mass is 10.1. The number of carbonyl (C=O) groups excluding carboxylic acids is 2. The Morgan fingerprint density at radius 1 is 1.05 bits per heavy atom. The highest BCUT2D eigenvalue weighted by Gasteiger charge is 2.06. The molecule has 0 saturated heterocycles. The van der Waals surface area contributed by atoms with E-state index in [9.17, 15) is 9.59 Å². The van der Waals surface area contributed by atoms with Crippen LogP contribution in [0.1, 0.15) is 15.9 Å². The molecule has 0 aliphatic rings. The van der Waals surface area contributed by atoms with E-state index in [1.54, 1.807) is 30.3 Å². The summed E-state index contributed by atoms with van der Waals surface area (Å²) in [5, 5.41) is 5.45. The Bertz CT molecular complexity index is 626. The zero-order chi connectivity index (χ0) is 15.1. The molecule has 0 unspecified atom stereocenters. The first-order chi connectivity index (χ1) is 10.2. The number of ether oxygens (including phenoxy) is 1. The molecule has 0 aliphatic carbocycles. The molecule has 2 aromatic carbocycles. The standard InChI is InChI=1S/C16H16N2O3/c1-21-15(19)13-7-5-6-12(10-13)11-17-16(20)18-14-8-3-2-4-9-14/h2-10H,11H2,1H3,(H2,17,18,20). The van der Waals surface area contributed by atoms with Crippen LogP contribution in [0.2, 0.25) is 0 Å². The zero-order valence-corrected chi connectivity index (χ0v) is 11.6. The molecule has 2 amide bonds. The summed E-state index contributed by atoms with van der Waals surface area (Å²) in [4.78, 5) is 23.2. The first-order valence-corrected chi connectivity index (χ1v) is 6.46. The highest BCUT2D eigenvalue weighted by Crippen LogP contribution is 2.07. The van der Waals surface area contributed by atoms with Gasteiger partial charge in [-0.1, -0.05) is 30.3 Å². The fourth-order valence-corrected chi connectivity index (χ4v) is 1.81. The fourth-order valence-electron chi connectivity index (χ4n) is 1.81. The van der Waals surface area contributed by atoms with E-state index in [1.165, 1.54) is 7.11 Å². The van der Waals surface area contributed by atoms with Crippen LogP contribution in [-0.4, -0.2) is 19.1 Å². The van der Waals surface area contributed by atoms with E-state index in [-0.39, 0.29) is 6.03 Å². The van der Waals surface area contributed by atoms with Crippen LogP contribution in [0.25, 0.3) is 0 Å². The summed E-state index contributed by atoms with van der Waals surface area (Å²) in [6.45, 7) is 0.323. The van der Waals surface area contributed by atoms with Crippen molar-refractivity contribution in [3.8, 4) is 0 Å². The molecule has 0 fully saturated rings. The monoisotopic (exact) mass is 284 g/mol. The van der Waals surface area contributed by atoms with Crippen molar-refractivity contribution >= 4 is 17.7 Å². The van der Waals surface area contributed by atoms with E-state index in [0.717, 1.165) is 11.3 Å². The van der Waals surface area contributed by atoms with Gasteiger partial charge in [0.2, 0.25) is 0 Å². The van der Waals surface area contributed by atoms with Crippen molar-refractivity contribution in [2.75, 3.05) is 12.4 Å². The smallest absolute Gasteiger partial charge is 0.337 e. The second-order valence-corrected chi connectivity index (χ2v) is 4.37. The van der Waals surface area contributed by atoms with Crippen LogP contribution in [0.15, 0.2) is 54.6 Å². The number of rotatable bonds is 4. The second-order valence-electron chi connectivity index (χ2n) is 4.37. The minimum atomic E-state index is -0.398. The normalized spacial score (nSPS) is 9.76. The highest BCUT2D eigenvalue weighted by atomic mass is 16.5. The maximum atomic E-state index is 11.7. The first-order valence-electron chi connectivity index (χ1n) is 6.46. The molecule has 2 aromatic rings. The largest absolute Gasteiger partial charge is 0.465 e. The van der Waals surface area contributed by atoms with Gasteiger partial charge in [-0.25, -0.2) is 9.59 Å². The Morgan fingerprint density at radius 3 is 2.52 bits per heavy atom. The van der Waals surface area contributed by atoms with Crippen molar-refractivity contribution in [2.45, 2.75) is 6.54 Å². The summed E-state index contributed by atoms with van der Waals surface area (Å²) >= 11 is 0. The Morgan fingerprint density at radius 2 is 1.81 bits per heavy atom. The van der Waals surface area contributed by atoms with Gasteiger partial charge >= 0.3 is 12.0 Å². The van der Waals surface area contributed by atoms with Gasteiger partial charge in [-0.05, 0) is 29.8 Å². The summed E-state index contributed by atoms with van der Waals surface area (Å²) in [7, 11) is 1.33. The van der Waals surface area contributed by atoms with E-state index < -0.39 is 5.97 Å². The van der Waals surface area contributed by atoms with Crippen LogP contribution < -0.4 is 10.6 Å². The van der Waals surface area contributed by atoms with Crippen LogP contribution in [0.4, 0.5) is 10.5 Å². The van der Waals surface area contributed by atoms with E-state index in [4.69, 9.17) is 0 Å². The molecule has 108 valence electrons. The van der Waals surface area contributed by atoms with Gasteiger partial charge in [0.1, 0.15) is 0 Å². The number of benzene rings is 2. The SMILES string of the molecule is COC(=O)c1cccc(CNC(=O)Nc2ccccc2)c1. The second kappa shape index (κ2) is 7.09. The summed E-state index contributed by atoms with van der Waals surface area (Å²) in [5.41, 5.74) is 2.00. The van der Waals surface area contributed by atoms with Crippen molar-refractivity contribution in [1.29, 1.82) is 0 Å². The quantitative estimate of drug-likeness (QED) is 0.848. The predicted molar refractivity (Wildman–Crippen MR) is 80.1 cm³/mol. The average Bonchev–Trinajstić information content (AvgIpc) is 2.53. The lowest BCUT2D eigenvalue weighted by Gasteiger charge is -2.08. The lowest BCUT2D eigenvalue weighted by Crippen LogP contribution is -2.28. The predicted octanol–water partition coefficient (Wildman–Crippen LogP) is 2.79. The van der Waals surface area contributed by atoms with E-state index in [2.05, 4.69) is 15.4 Å². The molecule has 0 bridgehead atoms. The number of amides is 2. The molecule has 5 nitrogen and oxygen atoms in total. The highest BCUT2D eigenvalue weighted by molar-refractivity contribution is 5.90. The molecule has 0 aromatic heterocycles. The van der Waals surface area contributed by atoms with Crippen molar-refractivity contribution < 1.29 is 14.3 Å². The molecular weight excluding hydrogens is 268 g/mol. The minimum absolute atomic E-state index is 0.301. The van der Waals surface area contributed by atoms with Gasteiger partial charge in [0.05, 0.1) is 12.7 Å². The molecule has 0 heterocycles. The van der Waals surface area contributed by atoms with E-state index in [1.807, 2.05) is 24.3 Å². The van der Waals surface area contributed by atoms with E-state index in [0.29, 0.717) is 12.1 Å².